The number of ether oxygens (including phenoxy) is 1. The molecule has 4 rings (SSSR count). The lowest BCUT2D eigenvalue weighted by Crippen LogP contribution is -2.23. The van der Waals surface area contributed by atoms with Crippen LogP contribution in [0.2, 0.25) is 5.02 Å². The van der Waals surface area contributed by atoms with Crippen molar-refractivity contribution < 1.29 is 17.9 Å². The number of carbonyl (C=O) groups is 1. The van der Waals surface area contributed by atoms with Gasteiger partial charge in [0, 0.05) is 16.8 Å². The maximum Gasteiger partial charge on any atom is 0.260 e. The molecule has 10 heteroatoms. The Morgan fingerprint density at radius 3 is 2.47 bits per heavy atom. The van der Waals surface area contributed by atoms with Crippen molar-refractivity contribution in [3.8, 4) is 17.1 Å². The molecule has 0 spiro atoms. The zero-order valence-electron chi connectivity index (χ0n) is 18.4. The number of imidazole rings is 1. The summed E-state index contributed by atoms with van der Waals surface area (Å²) < 4.78 is 30.5. The van der Waals surface area contributed by atoms with E-state index in [1.165, 1.54) is 18.3 Å². The number of sulfone groups is 1. The van der Waals surface area contributed by atoms with Crippen LogP contribution in [0.5, 0.6) is 5.75 Å². The Balaban J connectivity index is 1.60. The molecule has 174 valence electrons. The van der Waals surface area contributed by atoms with Crippen LogP contribution >= 0.6 is 11.6 Å². The maximum atomic E-state index is 12.7. The first kappa shape index (κ1) is 23.5. The fourth-order valence-corrected chi connectivity index (χ4v) is 4.18. The van der Waals surface area contributed by atoms with Gasteiger partial charge in [-0.3, -0.25) is 4.79 Å². The van der Waals surface area contributed by atoms with Gasteiger partial charge >= 0.3 is 0 Å². The number of benzene rings is 3. The van der Waals surface area contributed by atoms with E-state index in [1.54, 1.807) is 54.1 Å². The van der Waals surface area contributed by atoms with E-state index in [-0.39, 0.29) is 17.3 Å². The Morgan fingerprint density at radius 2 is 1.82 bits per heavy atom. The predicted molar refractivity (Wildman–Crippen MR) is 132 cm³/mol. The molecule has 0 saturated carbocycles. The third kappa shape index (κ3) is 5.27. The molecule has 0 aliphatic rings. The molecule has 0 unspecified atom stereocenters. The zero-order valence-corrected chi connectivity index (χ0v) is 20.0. The number of hydrogen-bond acceptors (Lipinski definition) is 6. The van der Waals surface area contributed by atoms with Crippen molar-refractivity contribution >= 4 is 44.6 Å². The lowest BCUT2D eigenvalue weighted by atomic mass is 10.2. The molecule has 1 aromatic heterocycles. The number of halogens is 1. The Hall–Kier alpha value is -3.69. The van der Waals surface area contributed by atoms with E-state index >= 15 is 0 Å². The molecule has 1 heterocycles. The molecule has 0 bridgehead atoms. The van der Waals surface area contributed by atoms with Gasteiger partial charge in [-0.15, -0.1) is 0 Å². The monoisotopic (exact) mass is 496 g/mol. The van der Waals surface area contributed by atoms with E-state index in [1.807, 2.05) is 12.1 Å². The molecule has 0 aliphatic heterocycles. The average molecular weight is 497 g/mol. The fourth-order valence-electron chi connectivity index (χ4n) is 3.38. The first-order valence-electron chi connectivity index (χ1n) is 10.2. The third-order valence-corrected chi connectivity index (χ3v) is 6.43. The first-order chi connectivity index (χ1) is 16.2. The second kappa shape index (κ2) is 9.66. The van der Waals surface area contributed by atoms with E-state index in [4.69, 9.17) is 16.3 Å². The summed E-state index contributed by atoms with van der Waals surface area (Å²) in [6.07, 6.45) is 2.68. The molecule has 34 heavy (non-hydrogen) atoms. The summed E-state index contributed by atoms with van der Waals surface area (Å²) in [5.74, 6) is 0.880. The van der Waals surface area contributed by atoms with Crippen molar-refractivity contribution in [3.63, 3.8) is 0 Å². The number of nitrogens with one attached hydrogen (secondary N) is 1. The summed E-state index contributed by atoms with van der Waals surface area (Å²) in [6, 6.07) is 18.8. The summed E-state index contributed by atoms with van der Waals surface area (Å²) in [5.41, 5.74) is 5.31. The van der Waals surface area contributed by atoms with Crippen molar-refractivity contribution in [2.24, 2.45) is 5.10 Å². The largest absolute Gasteiger partial charge is 0.497 e. The summed E-state index contributed by atoms with van der Waals surface area (Å²) >= 11 is 6.13. The molecule has 1 N–H and O–H groups in total. The third-order valence-electron chi connectivity index (χ3n) is 5.07. The summed E-state index contributed by atoms with van der Waals surface area (Å²) in [6.45, 7) is -0.0543. The summed E-state index contributed by atoms with van der Waals surface area (Å²) in [5, 5.41) is 4.54. The lowest BCUT2D eigenvalue weighted by molar-refractivity contribution is -0.121. The highest BCUT2D eigenvalue weighted by atomic mass is 35.5. The van der Waals surface area contributed by atoms with Crippen molar-refractivity contribution in [3.05, 3.63) is 77.3 Å². The van der Waals surface area contributed by atoms with E-state index in [9.17, 15) is 13.2 Å². The van der Waals surface area contributed by atoms with Crippen LogP contribution in [0.15, 0.2) is 76.7 Å². The minimum Gasteiger partial charge on any atom is -0.497 e. The Kier molecular flexibility index (Phi) is 6.67. The van der Waals surface area contributed by atoms with Crippen molar-refractivity contribution in [2.45, 2.75) is 11.4 Å². The molecule has 0 aliphatic carbocycles. The number of methoxy groups -OCH3 is 1. The molecule has 0 fully saturated rings. The second-order valence-corrected chi connectivity index (χ2v) is 9.97. The van der Waals surface area contributed by atoms with Crippen LogP contribution in [-0.2, 0) is 21.2 Å². The van der Waals surface area contributed by atoms with Crippen LogP contribution < -0.4 is 10.2 Å². The first-order valence-corrected chi connectivity index (χ1v) is 12.4. The number of nitrogens with zero attached hydrogens (tertiary/aromatic N) is 3. The van der Waals surface area contributed by atoms with Gasteiger partial charge in [-0.05, 0) is 72.3 Å². The molecule has 4 aromatic rings. The number of amides is 1. The van der Waals surface area contributed by atoms with Crippen molar-refractivity contribution in [1.82, 2.24) is 15.0 Å². The van der Waals surface area contributed by atoms with Gasteiger partial charge in [-0.1, -0.05) is 11.6 Å². The molecule has 0 atom stereocenters. The van der Waals surface area contributed by atoms with E-state index in [2.05, 4.69) is 15.5 Å². The number of fused-ring (bicyclic) bond motifs is 1. The van der Waals surface area contributed by atoms with Crippen molar-refractivity contribution in [1.29, 1.82) is 0 Å². The topological polar surface area (TPSA) is 103 Å². The van der Waals surface area contributed by atoms with E-state index in [0.717, 1.165) is 17.6 Å². The minimum absolute atomic E-state index is 0.0543. The lowest BCUT2D eigenvalue weighted by Gasteiger charge is -2.09. The zero-order chi connectivity index (χ0) is 24.3. The van der Waals surface area contributed by atoms with Gasteiger partial charge in [-0.25, -0.2) is 18.8 Å². The van der Waals surface area contributed by atoms with E-state index in [0.29, 0.717) is 27.4 Å². The highest BCUT2D eigenvalue weighted by Crippen LogP contribution is 2.27. The fraction of sp³-hybridized carbons (Fsp3) is 0.125. The van der Waals surface area contributed by atoms with Crippen molar-refractivity contribution in [2.75, 3.05) is 13.4 Å². The van der Waals surface area contributed by atoms with Crippen LogP contribution in [0.1, 0.15) is 5.56 Å². The SMILES string of the molecule is COc1ccc(/C=N/NC(=O)Cn2c(-c3ccc(S(C)(=O)=O)cc3)nc3cc(Cl)ccc32)cc1. The highest BCUT2D eigenvalue weighted by molar-refractivity contribution is 7.90. The quantitative estimate of drug-likeness (QED) is 0.308. The molecule has 0 saturated heterocycles. The van der Waals surface area contributed by atoms with Gasteiger partial charge in [0.2, 0.25) is 0 Å². The average Bonchev–Trinajstić information content (AvgIpc) is 3.16. The van der Waals surface area contributed by atoms with Crippen LogP contribution in [0, 0.1) is 0 Å². The number of aromatic nitrogens is 2. The van der Waals surface area contributed by atoms with Gasteiger partial charge in [0.1, 0.15) is 18.1 Å². The number of hydrogen-bond donors (Lipinski definition) is 1. The Morgan fingerprint density at radius 1 is 1.12 bits per heavy atom. The van der Waals surface area contributed by atoms with Gasteiger partial charge in [0.15, 0.2) is 9.84 Å². The standard InChI is InChI=1S/C24H21ClN4O4S/c1-33-19-8-3-16(4-9-19)14-26-28-23(30)15-29-22-12-7-18(25)13-21(22)27-24(29)17-5-10-20(11-6-17)34(2,31)32/h3-14H,15H2,1-2H3,(H,28,30)/b26-14+. The van der Waals surface area contributed by atoms with Crippen LogP contribution in [0.25, 0.3) is 22.4 Å². The minimum atomic E-state index is -3.33. The number of hydrazone groups is 1. The number of rotatable bonds is 7. The Labute approximate surface area is 201 Å². The molecule has 3 aromatic carbocycles. The number of carbonyl (C=O) groups excluding carboxylic acids is 1. The molecular formula is C24H21ClN4O4S. The Bertz CT molecular complexity index is 1480. The summed E-state index contributed by atoms with van der Waals surface area (Å²) in [4.78, 5) is 17.5. The highest BCUT2D eigenvalue weighted by Gasteiger charge is 2.16. The summed E-state index contributed by atoms with van der Waals surface area (Å²) in [7, 11) is -1.74. The van der Waals surface area contributed by atoms with Crippen LogP contribution in [0.3, 0.4) is 0 Å². The normalized spacial score (nSPS) is 11.7. The van der Waals surface area contributed by atoms with Gasteiger partial charge in [-0.2, -0.15) is 5.10 Å². The molecule has 0 radical (unpaired) electrons. The molecule has 1 amide bonds. The molecular weight excluding hydrogens is 476 g/mol. The molecule has 8 nitrogen and oxygen atoms in total. The van der Waals surface area contributed by atoms with Crippen LogP contribution in [-0.4, -0.2) is 43.5 Å². The maximum absolute atomic E-state index is 12.7. The second-order valence-electron chi connectivity index (χ2n) is 7.52. The van der Waals surface area contributed by atoms with Gasteiger partial charge in [0.25, 0.3) is 5.91 Å². The predicted octanol–water partition coefficient (Wildman–Crippen LogP) is 3.92. The smallest absolute Gasteiger partial charge is 0.260 e. The van der Waals surface area contributed by atoms with Crippen LogP contribution in [0.4, 0.5) is 0 Å². The van der Waals surface area contributed by atoms with E-state index < -0.39 is 9.84 Å². The van der Waals surface area contributed by atoms with Gasteiger partial charge in [0.05, 0.1) is 29.3 Å². The van der Waals surface area contributed by atoms with Gasteiger partial charge < -0.3 is 9.30 Å².